The van der Waals surface area contributed by atoms with E-state index in [1.54, 1.807) is 12.1 Å². The van der Waals surface area contributed by atoms with E-state index in [1.807, 2.05) is 18.4 Å². The molecule has 8 heteroatoms. The smallest absolute Gasteiger partial charge is 0.416 e. The zero-order valence-electron chi connectivity index (χ0n) is 14.7. The molecule has 0 radical (unpaired) electrons. The lowest BCUT2D eigenvalue weighted by molar-refractivity contribution is -0.137. The van der Waals surface area contributed by atoms with Gasteiger partial charge in [0.2, 0.25) is 5.88 Å². The van der Waals surface area contributed by atoms with Gasteiger partial charge in [-0.1, -0.05) is 0 Å². The number of ether oxygens (including phenoxy) is 1. The zero-order chi connectivity index (χ0) is 19.2. The van der Waals surface area contributed by atoms with Gasteiger partial charge in [-0.2, -0.15) is 18.2 Å². The molecule has 0 aliphatic heterocycles. The molecule has 138 valence electrons. The Balaban J connectivity index is 2.30. The summed E-state index contributed by atoms with van der Waals surface area (Å²) in [5.41, 5.74) is 0.731. The van der Waals surface area contributed by atoms with E-state index in [4.69, 9.17) is 4.74 Å². The Morgan fingerprint density at radius 1 is 1.15 bits per heavy atom. The van der Waals surface area contributed by atoms with Crippen LogP contribution in [0.3, 0.4) is 0 Å². The standard InChI is InChI=1S/C18H18F3N3O2/c1-9(2)24-12-5-6-14(26-4)22-16(12)23-17(24)15-10(3)7-11(8-13(15)25)18(19,20)21/h5-9,25H,1-4H3. The molecule has 2 aromatic heterocycles. The third kappa shape index (κ3) is 2.95. The van der Waals surface area contributed by atoms with Gasteiger partial charge in [-0.05, 0) is 44.5 Å². The highest BCUT2D eigenvalue weighted by molar-refractivity contribution is 5.81. The number of imidazole rings is 1. The molecule has 0 saturated heterocycles. The summed E-state index contributed by atoms with van der Waals surface area (Å²) in [6, 6.07) is 5.15. The molecule has 26 heavy (non-hydrogen) atoms. The molecule has 3 rings (SSSR count). The van der Waals surface area contributed by atoms with Crippen LogP contribution in [0.15, 0.2) is 24.3 Å². The van der Waals surface area contributed by atoms with Crippen LogP contribution >= 0.6 is 0 Å². The lowest BCUT2D eigenvalue weighted by Gasteiger charge is -2.17. The summed E-state index contributed by atoms with van der Waals surface area (Å²) in [6.45, 7) is 5.36. The van der Waals surface area contributed by atoms with Crippen molar-refractivity contribution in [2.75, 3.05) is 7.11 Å². The van der Waals surface area contributed by atoms with Crippen molar-refractivity contribution in [2.24, 2.45) is 0 Å². The normalized spacial score (nSPS) is 12.2. The molecule has 0 saturated carbocycles. The number of rotatable bonds is 3. The lowest BCUT2D eigenvalue weighted by Crippen LogP contribution is -2.07. The van der Waals surface area contributed by atoms with E-state index in [1.165, 1.54) is 14.0 Å². The predicted octanol–water partition coefficient (Wildman–Crippen LogP) is 4.72. The molecule has 0 fully saturated rings. The Labute approximate surface area is 148 Å². The third-order valence-corrected chi connectivity index (χ3v) is 4.12. The number of phenols is 1. The number of halogens is 3. The van der Waals surface area contributed by atoms with E-state index in [9.17, 15) is 18.3 Å². The van der Waals surface area contributed by atoms with E-state index in [-0.39, 0.29) is 17.2 Å². The van der Waals surface area contributed by atoms with Gasteiger partial charge in [0.05, 0.1) is 23.8 Å². The van der Waals surface area contributed by atoms with E-state index < -0.39 is 17.5 Å². The van der Waals surface area contributed by atoms with Crippen LogP contribution in [-0.2, 0) is 6.18 Å². The first kappa shape index (κ1) is 18.0. The molecule has 0 atom stereocenters. The number of hydrogen-bond acceptors (Lipinski definition) is 4. The molecule has 0 aliphatic rings. The minimum Gasteiger partial charge on any atom is -0.507 e. The van der Waals surface area contributed by atoms with Crippen LogP contribution in [0.4, 0.5) is 13.2 Å². The van der Waals surface area contributed by atoms with Gasteiger partial charge >= 0.3 is 6.18 Å². The minimum absolute atomic E-state index is 0.0497. The fraction of sp³-hybridized carbons (Fsp3) is 0.333. The third-order valence-electron chi connectivity index (χ3n) is 4.12. The minimum atomic E-state index is -4.53. The van der Waals surface area contributed by atoms with Crippen LogP contribution in [0.5, 0.6) is 11.6 Å². The number of pyridine rings is 1. The fourth-order valence-electron chi connectivity index (χ4n) is 3.00. The van der Waals surface area contributed by atoms with Gasteiger partial charge < -0.3 is 14.4 Å². The van der Waals surface area contributed by atoms with Gasteiger partial charge in [-0.15, -0.1) is 0 Å². The summed E-state index contributed by atoms with van der Waals surface area (Å²) in [4.78, 5) is 8.74. The number of methoxy groups -OCH3 is 1. The van der Waals surface area contributed by atoms with Crippen molar-refractivity contribution in [3.05, 3.63) is 35.4 Å². The second-order valence-electron chi connectivity index (χ2n) is 6.28. The molecule has 1 aromatic carbocycles. The SMILES string of the molecule is COc1ccc2c(n1)nc(-c1c(C)cc(C(F)(F)F)cc1O)n2C(C)C. The number of hydrogen-bond donors (Lipinski definition) is 1. The second-order valence-corrected chi connectivity index (χ2v) is 6.28. The van der Waals surface area contributed by atoms with Gasteiger partial charge in [0.25, 0.3) is 0 Å². The average molecular weight is 365 g/mol. The summed E-state index contributed by atoms with van der Waals surface area (Å²) in [7, 11) is 1.49. The number of aromatic nitrogens is 3. The molecule has 1 N–H and O–H groups in total. The largest absolute Gasteiger partial charge is 0.507 e. The topological polar surface area (TPSA) is 60.2 Å². The van der Waals surface area contributed by atoms with Gasteiger partial charge in [-0.25, -0.2) is 4.98 Å². The van der Waals surface area contributed by atoms with Crippen molar-refractivity contribution < 1.29 is 23.0 Å². The second kappa shape index (κ2) is 6.19. The highest BCUT2D eigenvalue weighted by Crippen LogP contribution is 2.40. The lowest BCUT2D eigenvalue weighted by atomic mass is 10.0. The Kier molecular flexibility index (Phi) is 4.29. The Morgan fingerprint density at radius 2 is 1.85 bits per heavy atom. The van der Waals surface area contributed by atoms with E-state index in [2.05, 4.69) is 9.97 Å². The number of alkyl halides is 3. The molecule has 0 amide bonds. The molecule has 5 nitrogen and oxygen atoms in total. The van der Waals surface area contributed by atoms with E-state index in [0.29, 0.717) is 22.9 Å². The maximum Gasteiger partial charge on any atom is 0.416 e. The van der Waals surface area contributed by atoms with Crippen molar-refractivity contribution in [1.82, 2.24) is 14.5 Å². The summed E-state index contributed by atoms with van der Waals surface area (Å²) >= 11 is 0. The highest BCUT2D eigenvalue weighted by Gasteiger charge is 2.32. The van der Waals surface area contributed by atoms with Crippen LogP contribution in [0.25, 0.3) is 22.6 Å². The number of nitrogens with zero attached hydrogens (tertiary/aromatic N) is 3. The van der Waals surface area contributed by atoms with Crippen molar-refractivity contribution in [2.45, 2.75) is 33.0 Å². The molecule has 3 aromatic rings. The van der Waals surface area contributed by atoms with Crippen LogP contribution in [0.1, 0.15) is 31.0 Å². The number of phenolic OH excluding ortho intramolecular Hbond substituents is 1. The summed E-state index contributed by atoms with van der Waals surface area (Å²) in [5, 5.41) is 10.3. The quantitative estimate of drug-likeness (QED) is 0.730. The average Bonchev–Trinajstić information content (AvgIpc) is 2.91. The molecule has 0 bridgehead atoms. The van der Waals surface area contributed by atoms with Gasteiger partial charge in [0, 0.05) is 12.1 Å². The van der Waals surface area contributed by atoms with Crippen LogP contribution in [0, 0.1) is 6.92 Å². The molecular weight excluding hydrogens is 347 g/mol. The van der Waals surface area contributed by atoms with Crippen LogP contribution < -0.4 is 4.74 Å². The number of fused-ring (bicyclic) bond motifs is 1. The predicted molar refractivity (Wildman–Crippen MR) is 91.3 cm³/mol. The first-order valence-electron chi connectivity index (χ1n) is 7.97. The molecule has 0 spiro atoms. The van der Waals surface area contributed by atoms with E-state index in [0.717, 1.165) is 12.1 Å². The Bertz CT molecular complexity index is 955. The number of benzene rings is 1. The van der Waals surface area contributed by atoms with Gasteiger partial charge in [0.1, 0.15) is 11.6 Å². The van der Waals surface area contributed by atoms with Crippen molar-refractivity contribution in [3.63, 3.8) is 0 Å². The summed E-state index contributed by atoms with van der Waals surface area (Å²) in [5.74, 6) is 0.270. The van der Waals surface area contributed by atoms with Gasteiger partial charge in [0.15, 0.2) is 5.65 Å². The zero-order valence-corrected chi connectivity index (χ0v) is 14.7. The highest BCUT2D eigenvalue weighted by atomic mass is 19.4. The Hall–Kier alpha value is -2.77. The van der Waals surface area contributed by atoms with E-state index >= 15 is 0 Å². The van der Waals surface area contributed by atoms with Crippen molar-refractivity contribution in [3.8, 4) is 23.0 Å². The maximum atomic E-state index is 13.0. The van der Waals surface area contributed by atoms with Gasteiger partial charge in [-0.3, -0.25) is 0 Å². The molecule has 0 unspecified atom stereocenters. The first-order valence-corrected chi connectivity index (χ1v) is 7.97. The first-order chi connectivity index (χ1) is 12.1. The Morgan fingerprint density at radius 3 is 2.38 bits per heavy atom. The monoisotopic (exact) mass is 365 g/mol. The molecule has 2 heterocycles. The van der Waals surface area contributed by atoms with Crippen LogP contribution in [-0.4, -0.2) is 26.8 Å². The summed E-state index contributed by atoms with van der Waals surface area (Å²) in [6.07, 6.45) is -4.53. The fourth-order valence-corrected chi connectivity index (χ4v) is 3.00. The summed E-state index contributed by atoms with van der Waals surface area (Å²) < 4.78 is 45.9. The molecule has 0 aliphatic carbocycles. The number of aryl methyl sites for hydroxylation is 1. The van der Waals surface area contributed by atoms with Crippen molar-refractivity contribution >= 4 is 11.2 Å². The van der Waals surface area contributed by atoms with Crippen molar-refractivity contribution in [1.29, 1.82) is 0 Å². The maximum absolute atomic E-state index is 13.0. The van der Waals surface area contributed by atoms with Crippen LogP contribution in [0.2, 0.25) is 0 Å². The number of aromatic hydroxyl groups is 1. The molecular formula is C18H18F3N3O2.